The van der Waals surface area contributed by atoms with E-state index in [1.54, 1.807) is 0 Å². The highest BCUT2D eigenvalue weighted by Gasteiger charge is 2.49. The third-order valence-electron chi connectivity index (χ3n) is 4.26. The van der Waals surface area contributed by atoms with Crippen molar-refractivity contribution in [1.29, 1.82) is 0 Å². The normalized spacial score (nSPS) is 23.1. The highest BCUT2D eigenvalue weighted by atomic mass is 15.3. The summed E-state index contributed by atoms with van der Waals surface area (Å²) in [6.07, 6.45) is 3.66. The van der Waals surface area contributed by atoms with Gasteiger partial charge in [0.25, 0.3) is 0 Å². The van der Waals surface area contributed by atoms with Crippen LogP contribution in [0.25, 0.3) is 0 Å². The molecule has 1 N–H and O–H groups in total. The first kappa shape index (κ1) is 13.6. The molecule has 1 aromatic heterocycles. The molecule has 0 aliphatic heterocycles. The van der Waals surface area contributed by atoms with Crippen LogP contribution in [-0.4, -0.2) is 22.4 Å². The summed E-state index contributed by atoms with van der Waals surface area (Å²) in [5.74, 6) is 0.819. The molecule has 0 amide bonds. The van der Waals surface area contributed by atoms with E-state index in [0.29, 0.717) is 11.5 Å². The van der Waals surface area contributed by atoms with Gasteiger partial charge in [-0.1, -0.05) is 20.8 Å². The van der Waals surface area contributed by atoms with Gasteiger partial charge in [-0.3, -0.25) is 4.68 Å². The maximum atomic E-state index is 4.45. The Hall–Kier alpha value is -0.830. The first-order valence-corrected chi connectivity index (χ1v) is 7.17. The third kappa shape index (κ3) is 2.94. The standard InChI is InChI=1S/C15H27N3/c1-6-7-16-14(13-10-15(13,3)4)9-12-8-11(2)17-18(12)5/h8,13-14,16H,6-7,9-10H2,1-5H3. The van der Waals surface area contributed by atoms with Crippen molar-refractivity contribution < 1.29 is 0 Å². The lowest BCUT2D eigenvalue weighted by atomic mass is 9.99. The maximum absolute atomic E-state index is 4.45. The van der Waals surface area contributed by atoms with Gasteiger partial charge in [0, 0.05) is 25.2 Å². The fourth-order valence-electron chi connectivity index (χ4n) is 2.96. The fourth-order valence-corrected chi connectivity index (χ4v) is 2.96. The van der Waals surface area contributed by atoms with E-state index in [1.165, 1.54) is 18.5 Å². The molecule has 1 heterocycles. The molecule has 102 valence electrons. The van der Waals surface area contributed by atoms with Crippen molar-refractivity contribution >= 4 is 0 Å². The van der Waals surface area contributed by atoms with Crippen LogP contribution in [-0.2, 0) is 13.5 Å². The molecule has 0 bridgehead atoms. The summed E-state index contributed by atoms with van der Waals surface area (Å²) in [5, 5.41) is 8.18. The minimum Gasteiger partial charge on any atom is -0.313 e. The minimum absolute atomic E-state index is 0.527. The molecule has 1 saturated carbocycles. The summed E-state index contributed by atoms with van der Waals surface area (Å²) in [6.45, 7) is 10.2. The number of rotatable bonds is 6. The minimum atomic E-state index is 0.527. The highest BCUT2D eigenvalue weighted by molar-refractivity contribution is 5.13. The van der Waals surface area contributed by atoms with E-state index in [-0.39, 0.29) is 0 Å². The number of hydrogen-bond acceptors (Lipinski definition) is 2. The van der Waals surface area contributed by atoms with E-state index in [4.69, 9.17) is 0 Å². The second-order valence-corrected chi connectivity index (χ2v) is 6.46. The summed E-state index contributed by atoms with van der Waals surface area (Å²) in [6, 6.07) is 2.82. The molecule has 18 heavy (non-hydrogen) atoms. The summed E-state index contributed by atoms with van der Waals surface area (Å²) in [5.41, 5.74) is 3.00. The van der Waals surface area contributed by atoms with Crippen LogP contribution in [0.15, 0.2) is 6.07 Å². The summed E-state index contributed by atoms with van der Waals surface area (Å²) < 4.78 is 2.03. The molecule has 2 rings (SSSR count). The molecule has 1 aliphatic carbocycles. The Labute approximate surface area is 111 Å². The van der Waals surface area contributed by atoms with Gasteiger partial charge in [-0.05, 0) is 43.7 Å². The van der Waals surface area contributed by atoms with Gasteiger partial charge in [-0.25, -0.2) is 0 Å². The van der Waals surface area contributed by atoms with Gasteiger partial charge in [0.2, 0.25) is 0 Å². The van der Waals surface area contributed by atoms with Crippen LogP contribution in [0.5, 0.6) is 0 Å². The Balaban J connectivity index is 2.03. The topological polar surface area (TPSA) is 29.9 Å². The van der Waals surface area contributed by atoms with Crippen molar-refractivity contribution in [1.82, 2.24) is 15.1 Å². The average molecular weight is 249 g/mol. The molecule has 0 radical (unpaired) electrons. The number of nitrogens with one attached hydrogen (secondary N) is 1. The second kappa shape index (κ2) is 5.04. The van der Waals surface area contributed by atoms with Crippen molar-refractivity contribution in [2.24, 2.45) is 18.4 Å². The molecule has 1 aromatic rings. The maximum Gasteiger partial charge on any atom is 0.0596 e. The van der Waals surface area contributed by atoms with E-state index < -0.39 is 0 Å². The van der Waals surface area contributed by atoms with E-state index in [2.05, 4.69) is 51.2 Å². The summed E-state index contributed by atoms with van der Waals surface area (Å²) in [4.78, 5) is 0. The smallest absolute Gasteiger partial charge is 0.0596 e. The zero-order valence-electron chi connectivity index (χ0n) is 12.5. The van der Waals surface area contributed by atoms with Crippen molar-refractivity contribution in [2.45, 2.75) is 53.0 Å². The number of nitrogens with zero attached hydrogens (tertiary/aromatic N) is 2. The van der Waals surface area contributed by atoms with Crippen LogP contribution in [0.2, 0.25) is 0 Å². The molecule has 2 atom stereocenters. The van der Waals surface area contributed by atoms with E-state index >= 15 is 0 Å². The van der Waals surface area contributed by atoms with Gasteiger partial charge in [-0.2, -0.15) is 5.10 Å². The number of hydrogen-bond donors (Lipinski definition) is 1. The zero-order chi connectivity index (χ0) is 13.3. The molecule has 0 spiro atoms. The van der Waals surface area contributed by atoms with E-state index in [0.717, 1.165) is 24.6 Å². The van der Waals surface area contributed by atoms with Crippen LogP contribution >= 0.6 is 0 Å². The largest absolute Gasteiger partial charge is 0.313 e. The lowest BCUT2D eigenvalue weighted by Crippen LogP contribution is -2.35. The van der Waals surface area contributed by atoms with Crippen molar-refractivity contribution in [2.75, 3.05) is 6.54 Å². The Bertz CT molecular complexity index is 406. The van der Waals surface area contributed by atoms with Gasteiger partial charge in [0.15, 0.2) is 0 Å². The predicted octanol–water partition coefficient (Wildman–Crippen LogP) is 2.69. The molecule has 3 heteroatoms. The van der Waals surface area contributed by atoms with Crippen LogP contribution in [0.1, 0.15) is 45.0 Å². The monoisotopic (exact) mass is 249 g/mol. The second-order valence-electron chi connectivity index (χ2n) is 6.46. The van der Waals surface area contributed by atoms with Crippen molar-refractivity contribution in [3.63, 3.8) is 0 Å². The lowest BCUT2D eigenvalue weighted by Gasteiger charge is -2.20. The molecular formula is C15H27N3. The Morgan fingerprint density at radius 1 is 1.56 bits per heavy atom. The first-order valence-electron chi connectivity index (χ1n) is 7.17. The van der Waals surface area contributed by atoms with E-state index in [1.807, 2.05) is 4.68 Å². The van der Waals surface area contributed by atoms with Gasteiger partial charge in [0.05, 0.1) is 5.69 Å². The highest BCUT2D eigenvalue weighted by Crippen LogP contribution is 2.54. The quantitative estimate of drug-likeness (QED) is 0.840. The molecule has 3 nitrogen and oxygen atoms in total. The Morgan fingerprint density at radius 3 is 2.67 bits per heavy atom. The predicted molar refractivity (Wildman–Crippen MR) is 75.6 cm³/mol. The average Bonchev–Trinajstić information content (AvgIpc) is 2.79. The zero-order valence-corrected chi connectivity index (χ0v) is 12.5. The molecule has 1 aliphatic rings. The molecule has 0 saturated heterocycles. The molecule has 1 fully saturated rings. The summed E-state index contributed by atoms with van der Waals surface area (Å²) in [7, 11) is 2.05. The SMILES string of the molecule is CCCNC(Cc1cc(C)nn1C)C1CC1(C)C. The fraction of sp³-hybridized carbons (Fsp3) is 0.800. The Kier molecular flexibility index (Phi) is 3.81. The van der Waals surface area contributed by atoms with Crippen LogP contribution in [0, 0.1) is 18.3 Å². The van der Waals surface area contributed by atoms with Crippen LogP contribution in [0.4, 0.5) is 0 Å². The third-order valence-corrected chi connectivity index (χ3v) is 4.26. The van der Waals surface area contributed by atoms with Gasteiger partial charge in [0.1, 0.15) is 0 Å². The molecular weight excluding hydrogens is 222 g/mol. The number of aryl methyl sites for hydroxylation is 2. The van der Waals surface area contributed by atoms with Crippen LogP contribution in [0.3, 0.4) is 0 Å². The first-order chi connectivity index (χ1) is 8.44. The summed E-state index contributed by atoms with van der Waals surface area (Å²) >= 11 is 0. The van der Waals surface area contributed by atoms with Crippen molar-refractivity contribution in [3.8, 4) is 0 Å². The van der Waals surface area contributed by atoms with Crippen molar-refractivity contribution in [3.05, 3.63) is 17.5 Å². The Morgan fingerprint density at radius 2 is 2.22 bits per heavy atom. The van der Waals surface area contributed by atoms with E-state index in [9.17, 15) is 0 Å². The van der Waals surface area contributed by atoms with Gasteiger partial charge >= 0.3 is 0 Å². The van der Waals surface area contributed by atoms with Crippen LogP contribution < -0.4 is 5.32 Å². The molecule has 0 aromatic carbocycles. The van der Waals surface area contributed by atoms with Gasteiger partial charge in [-0.15, -0.1) is 0 Å². The lowest BCUT2D eigenvalue weighted by molar-refractivity contribution is 0.395. The molecule has 2 unspecified atom stereocenters. The van der Waals surface area contributed by atoms with Gasteiger partial charge < -0.3 is 5.32 Å². The number of aromatic nitrogens is 2.